The molecule has 2 N–H and O–H groups in total. The second-order valence-corrected chi connectivity index (χ2v) is 10.0. The minimum atomic E-state index is -5.08. The third-order valence-electron chi connectivity index (χ3n) is 7.15. The van der Waals surface area contributed by atoms with E-state index in [9.17, 15) is 22.8 Å². The Bertz CT molecular complexity index is 1150. The van der Waals surface area contributed by atoms with Gasteiger partial charge in [-0.15, -0.1) is 0 Å². The first-order chi connectivity index (χ1) is 18.1. The van der Waals surface area contributed by atoms with Crippen molar-refractivity contribution >= 4 is 17.8 Å². The van der Waals surface area contributed by atoms with E-state index < -0.39 is 12.1 Å². The number of nitrogens with zero attached hydrogens (tertiary/aromatic N) is 2. The molecule has 1 saturated carbocycles. The van der Waals surface area contributed by atoms with Crippen LogP contribution in [0.1, 0.15) is 60.4 Å². The molecule has 204 valence electrons. The monoisotopic (exact) mass is 533 g/mol. The number of aliphatic carboxylic acids is 1. The van der Waals surface area contributed by atoms with Crippen LogP contribution in [-0.4, -0.2) is 64.2 Å². The van der Waals surface area contributed by atoms with Crippen LogP contribution >= 0.6 is 0 Å². The Hall–Kier alpha value is -3.63. The number of likely N-dealkylation sites (tertiary alicyclic amines) is 1. The van der Waals surface area contributed by atoms with Crippen molar-refractivity contribution < 1.29 is 37.4 Å². The van der Waals surface area contributed by atoms with Crippen LogP contribution in [0, 0.1) is 5.92 Å². The van der Waals surface area contributed by atoms with Gasteiger partial charge < -0.3 is 20.1 Å². The number of aromatic nitrogens is 1. The molecule has 8 nitrogen and oxygen atoms in total. The molecule has 1 aromatic heterocycles. The fourth-order valence-corrected chi connectivity index (χ4v) is 4.90. The smallest absolute Gasteiger partial charge is 0.487 e. The molecule has 2 amide bonds. The van der Waals surface area contributed by atoms with Crippen molar-refractivity contribution in [1.29, 1.82) is 0 Å². The fourth-order valence-electron chi connectivity index (χ4n) is 4.90. The third-order valence-corrected chi connectivity index (χ3v) is 7.15. The van der Waals surface area contributed by atoms with E-state index in [4.69, 9.17) is 14.6 Å². The summed E-state index contributed by atoms with van der Waals surface area (Å²) in [5.41, 5.74) is 1.49. The summed E-state index contributed by atoms with van der Waals surface area (Å²) in [5.74, 6) is -0.861. The summed E-state index contributed by atoms with van der Waals surface area (Å²) in [7, 11) is 0. The molecule has 11 heteroatoms. The van der Waals surface area contributed by atoms with E-state index in [1.807, 2.05) is 23.1 Å². The number of pyridine rings is 1. The van der Waals surface area contributed by atoms with Gasteiger partial charge >= 0.3 is 12.1 Å². The Morgan fingerprint density at radius 2 is 1.71 bits per heavy atom. The molecule has 3 aliphatic rings. The van der Waals surface area contributed by atoms with E-state index in [0.29, 0.717) is 31.0 Å². The van der Waals surface area contributed by atoms with E-state index in [0.717, 1.165) is 37.1 Å². The van der Waals surface area contributed by atoms with Gasteiger partial charge in [0, 0.05) is 62.8 Å². The minimum absolute atomic E-state index is 0.0458. The summed E-state index contributed by atoms with van der Waals surface area (Å²) in [5, 5.41) is 10.2. The molecular weight excluding hydrogens is 503 g/mol. The number of fused-ring (bicyclic) bond motifs is 1. The number of amides is 2. The van der Waals surface area contributed by atoms with Gasteiger partial charge in [0.25, 0.3) is 5.91 Å². The number of para-hydroxylation sites is 1. The van der Waals surface area contributed by atoms with Gasteiger partial charge in [-0.1, -0.05) is 18.2 Å². The van der Waals surface area contributed by atoms with Crippen LogP contribution in [0.4, 0.5) is 13.2 Å². The van der Waals surface area contributed by atoms with E-state index in [1.165, 1.54) is 12.8 Å². The van der Waals surface area contributed by atoms with Crippen molar-refractivity contribution in [2.75, 3.05) is 19.6 Å². The SMILES string of the molecule is O=C(CC1CC2(CCN(C(=O)c3ccncc3)CC2)Oc2ccccc21)NCC1CC1.O=C(O)C(F)(F)F. The number of nitrogens with one attached hydrogen (secondary N) is 1. The molecule has 1 spiro atoms. The number of carboxylic acid groups (broad SMARTS) is 1. The largest absolute Gasteiger partial charge is 0.490 e. The highest BCUT2D eigenvalue weighted by Crippen LogP contribution is 2.46. The lowest BCUT2D eigenvalue weighted by atomic mass is 9.76. The van der Waals surface area contributed by atoms with Crippen molar-refractivity contribution in [2.45, 2.75) is 56.2 Å². The number of halogens is 3. The van der Waals surface area contributed by atoms with E-state index >= 15 is 0 Å². The number of carbonyl (C=O) groups excluding carboxylic acids is 2. The molecule has 2 fully saturated rings. The van der Waals surface area contributed by atoms with E-state index in [2.05, 4.69) is 16.4 Å². The molecule has 2 aliphatic heterocycles. The normalized spacial score (nSPS) is 19.9. The van der Waals surface area contributed by atoms with Crippen molar-refractivity contribution in [3.8, 4) is 5.75 Å². The zero-order valence-corrected chi connectivity index (χ0v) is 20.7. The lowest BCUT2D eigenvalue weighted by Gasteiger charge is -2.47. The van der Waals surface area contributed by atoms with Gasteiger partial charge in [-0.3, -0.25) is 14.6 Å². The second kappa shape index (κ2) is 11.4. The number of benzene rings is 1. The van der Waals surface area contributed by atoms with Gasteiger partial charge in [-0.2, -0.15) is 13.2 Å². The molecule has 1 aromatic carbocycles. The molecule has 1 saturated heterocycles. The van der Waals surface area contributed by atoms with E-state index in [1.54, 1.807) is 24.5 Å². The minimum Gasteiger partial charge on any atom is -0.487 e. The van der Waals surface area contributed by atoms with Gasteiger partial charge in [0.05, 0.1) is 0 Å². The Morgan fingerprint density at radius 1 is 1.08 bits per heavy atom. The van der Waals surface area contributed by atoms with Gasteiger partial charge in [-0.05, 0) is 48.9 Å². The van der Waals surface area contributed by atoms with Crippen molar-refractivity contribution in [1.82, 2.24) is 15.2 Å². The number of hydrogen-bond donors (Lipinski definition) is 2. The number of rotatable bonds is 5. The number of alkyl halides is 3. The van der Waals surface area contributed by atoms with Gasteiger partial charge in [-0.25, -0.2) is 4.79 Å². The molecule has 1 aliphatic carbocycles. The number of piperidine rings is 1. The van der Waals surface area contributed by atoms with E-state index in [-0.39, 0.29) is 23.3 Å². The predicted octanol–water partition coefficient (Wildman–Crippen LogP) is 4.17. The summed E-state index contributed by atoms with van der Waals surface area (Å²) in [4.78, 5) is 40.2. The Morgan fingerprint density at radius 3 is 2.32 bits per heavy atom. The molecule has 2 aromatic rings. The zero-order chi connectivity index (χ0) is 27.3. The Kier molecular flexibility index (Phi) is 8.23. The highest BCUT2D eigenvalue weighted by molar-refractivity contribution is 5.94. The zero-order valence-electron chi connectivity index (χ0n) is 20.7. The maximum atomic E-state index is 12.8. The first kappa shape index (κ1) is 27.4. The summed E-state index contributed by atoms with van der Waals surface area (Å²) >= 11 is 0. The molecule has 38 heavy (non-hydrogen) atoms. The fraction of sp³-hybridized carbons (Fsp3) is 0.481. The highest BCUT2D eigenvalue weighted by atomic mass is 19.4. The van der Waals surface area contributed by atoms with Crippen LogP contribution in [-0.2, 0) is 9.59 Å². The second-order valence-electron chi connectivity index (χ2n) is 10.0. The summed E-state index contributed by atoms with van der Waals surface area (Å²) < 4.78 is 38.3. The quantitative estimate of drug-likeness (QED) is 0.597. The lowest BCUT2D eigenvalue weighted by Crippen LogP contribution is -2.52. The maximum absolute atomic E-state index is 12.8. The molecule has 0 bridgehead atoms. The molecule has 5 rings (SSSR count). The summed E-state index contributed by atoms with van der Waals surface area (Å²) in [6.07, 6.45) is 3.55. The van der Waals surface area contributed by atoms with Crippen LogP contribution < -0.4 is 10.1 Å². The first-order valence-electron chi connectivity index (χ1n) is 12.6. The van der Waals surface area contributed by atoms with Crippen LogP contribution in [0.5, 0.6) is 5.75 Å². The van der Waals surface area contributed by atoms with Crippen LogP contribution in [0.3, 0.4) is 0 Å². The molecule has 0 radical (unpaired) electrons. The van der Waals surface area contributed by atoms with Crippen LogP contribution in [0.25, 0.3) is 0 Å². The average Bonchev–Trinajstić information content (AvgIpc) is 3.73. The van der Waals surface area contributed by atoms with Gasteiger partial charge in [0.1, 0.15) is 11.4 Å². The summed E-state index contributed by atoms with van der Waals surface area (Å²) in [6.45, 7) is 2.12. The standard InChI is InChI=1S/C25H29N3O3.C2HF3O2/c29-23(27-17-18-5-6-18)15-20-16-25(31-22-4-2-1-3-21(20)22)9-13-28(14-10-25)24(30)19-7-11-26-12-8-19;3-2(4,5)1(6)7/h1-4,7-8,11-12,18,20H,5-6,9-10,13-17H2,(H,27,29);(H,6,7). The van der Waals surface area contributed by atoms with Crippen molar-refractivity contribution in [2.24, 2.45) is 5.92 Å². The Labute approximate surface area is 218 Å². The lowest BCUT2D eigenvalue weighted by molar-refractivity contribution is -0.192. The molecule has 3 heterocycles. The molecular formula is C27H30F3N3O5. The van der Waals surface area contributed by atoms with Gasteiger partial charge in [0.15, 0.2) is 0 Å². The number of ether oxygens (including phenoxy) is 1. The van der Waals surface area contributed by atoms with Crippen molar-refractivity contribution in [3.63, 3.8) is 0 Å². The number of carboxylic acids is 1. The number of carbonyl (C=O) groups is 3. The maximum Gasteiger partial charge on any atom is 0.490 e. The highest BCUT2D eigenvalue weighted by Gasteiger charge is 2.44. The predicted molar refractivity (Wildman–Crippen MR) is 131 cm³/mol. The average molecular weight is 534 g/mol. The van der Waals surface area contributed by atoms with Crippen molar-refractivity contribution in [3.05, 3.63) is 59.9 Å². The summed E-state index contributed by atoms with van der Waals surface area (Å²) in [6, 6.07) is 11.6. The molecule has 1 unspecified atom stereocenters. The van der Waals surface area contributed by atoms with Gasteiger partial charge in [0.2, 0.25) is 5.91 Å². The Balaban J connectivity index is 0.000000426. The van der Waals surface area contributed by atoms with Crippen LogP contribution in [0.2, 0.25) is 0 Å². The topological polar surface area (TPSA) is 109 Å². The third kappa shape index (κ3) is 7.02. The first-order valence-corrected chi connectivity index (χ1v) is 12.6. The number of hydrogen-bond acceptors (Lipinski definition) is 5. The van der Waals surface area contributed by atoms with Crippen LogP contribution in [0.15, 0.2) is 48.8 Å². The molecule has 1 atom stereocenters.